The number of aliphatic hydroxyl groups is 1. The van der Waals surface area contributed by atoms with Crippen molar-refractivity contribution in [3.8, 4) is 22.8 Å². The molecule has 20 rings (SSSR count). The maximum atomic E-state index is 13.2. The molecular formula is C96H101ClFN25O12. The molecule has 39 heteroatoms. The lowest BCUT2D eigenvalue weighted by atomic mass is 10.1. The number of hydrogen-bond acceptors (Lipinski definition) is 17. The molecule has 5 aromatic carbocycles. The molecule has 135 heavy (non-hydrogen) atoms. The number of nitrogens with zero attached hydrogens (tertiary/aromatic N) is 25. The number of methoxy groups -OCH3 is 1. The number of imidazole rings is 10. The SMILES string of the molecule is C=CCn1c(=O)c2c(nc3n(-c4ccc(OC)cc4)c(C)c(C)n23)n(C)c1=O.C=CCn1c(C)cn2c3c(=O)n(Cc4ccc(F)cc4)c(=O)n(C)c3nc12.CCCn1c(C)cn2c3c(=O)n(Cc4cccc(C)c4)c(=O)n(C)c3nc12.CCn1c(=O)c2c(nc3n(-c4cccc(Cl)c4C)c(C)cn23)n(C)c1=O.CCn1c(=O)c2c(nc3n(-c4ccccc4CO)c(C)c(C)n23)n(C)c1=O. The standard InChI is InChI=1S/C20H21N5O3.C20H23N5O2.C19H18FN5O2.C19H21N5O3.C18H18ClN5O2/c1-6-11-23-18(26)16-17(22(4)20(23)27)21-19-24(12(2)13(3)25(16)19)14-7-9-15(28-5)10-8-14;1-5-9-23-14(3)11-24-16-17(21-19(23)24)22(4)20(27)25(18(16)26)12-15-8-6-7-13(2)10-15;1-4-9-23-12(2)10-24-15-16(21-18(23)24)22(3)19(27)25(17(15)26)11-13-5-7-14(20)8-6-13;1-5-22-17(26)15-16(21(4)19(22)27)20-18-23(11(2)12(3)24(15)18)14-9-7-6-8-13(14)10-25;1-5-22-16(25)14-15(21(4)18(22)26)20-17-23(14)9-10(2)24(17)13-8-6-7-12(19)11(13)3/h6-10H,1,11H2,2-5H3;6-8,10-11H,5,9,12H2,1-4H3;4-8,10H,1,9,11H2,2-3H3;6-9,25H,5,10H2,1-4H3;6-9H,5H2,1-4H3. The molecule has 0 saturated heterocycles. The number of hydrogen-bond donors (Lipinski definition) is 1. The van der Waals surface area contributed by atoms with Gasteiger partial charge in [0.25, 0.3) is 27.8 Å². The van der Waals surface area contributed by atoms with Gasteiger partial charge in [-0.3, -0.25) is 105 Å². The lowest BCUT2D eigenvalue weighted by Gasteiger charge is -2.10. The van der Waals surface area contributed by atoms with Crippen LogP contribution in [0.1, 0.15) is 94.9 Å². The van der Waals surface area contributed by atoms with E-state index in [2.05, 4.69) is 49.6 Å². The first-order chi connectivity index (χ1) is 64.5. The second kappa shape index (κ2) is 35.9. The summed E-state index contributed by atoms with van der Waals surface area (Å²) in [5.41, 5.74) is 13.4. The topological polar surface area (TPSA) is 361 Å². The summed E-state index contributed by atoms with van der Waals surface area (Å²) in [6.45, 7) is 32.9. The van der Waals surface area contributed by atoms with Crippen LogP contribution < -0.4 is 61.0 Å². The minimum absolute atomic E-state index is 0.0569. The summed E-state index contributed by atoms with van der Waals surface area (Å²) >= 11 is 6.28. The van der Waals surface area contributed by atoms with Gasteiger partial charge in [0.1, 0.15) is 11.6 Å². The molecule has 37 nitrogen and oxygen atoms in total. The Balaban J connectivity index is 0.000000123. The summed E-state index contributed by atoms with van der Waals surface area (Å²) in [7, 11) is 9.74. The number of para-hydroxylation sites is 1. The third kappa shape index (κ3) is 15.1. The molecule has 15 heterocycles. The van der Waals surface area contributed by atoms with Crippen molar-refractivity contribution in [2.24, 2.45) is 35.2 Å². The van der Waals surface area contributed by atoms with Crippen molar-refractivity contribution in [2.45, 2.75) is 142 Å². The van der Waals surface area contributed by atoms with Crippen LogP contribution in [-0.4, -0.2) is 128 Å². The van der Waals surface area contributed by atoms with Gasteiger partial charge in [0, 0.05) is 143 Å². The summed E-state index contributed by atoms with van der Waals surface area (Å²) in [6, 6.07) is 34.4. The van der Waals surface area contributed by atoms with Gasteiger partial charge in [-0.05, 0) is 154 Å². The van der Waals surface area contributed by atoms with E-state index in [9.17, 15) is 57.4 Å². The molecule has 0 saturated carbocycles. The van der Waals surface area contributed by atoms with Crippen LogP contribution in [0.4, 0.5) is 4.39 Å². The molecule has 1 N–H and O–H groups in total. The molecule has 0 aliphatic rings. The van der Waals surface area contributed by atoms with Gasteiger partial charge in [-0.2, -0.15) is 24.9 Å². The number of aliphatic hydroxyl groups excluding tert-OH is 1. The van der Waals surface area contributed by atoms with Crippen LogP contribution in [0.3, 0.4) is 0 Å². The molecule has 696 valence electrons. The van der Waals surface area contributed by atoms with E-state index >= 15 is 0 Å². The van der Waals surface area contributed by atoms with Crippen molar-refractivity contribution < 1.29 is 14.2 Å². The number of fused-ring (bicyclic) bond motifs is 15. The summed E-state index contributed by atoms with van der Waals surface area (Å²) in [5.74, 6) is 3.36. The molecule has 0 aliphatic carbocycles. The number of allylic oxidation sites excluding steroid dienone is 2. The lowest BCUT2D eigenvalue weighted by molar-refractivity contribution is 0.281. The summed E-state index contributed by atoms with van der Waals surface area (Å²) in [6.07, 6.45) is 9.85. The summed E-state index contributed by atoms with van der Waals surface area (Å²) < 4.78 is 50.2. The van der Waals surface area contributed by atoms with Crippen LogP contribution in [0.25, 0.3) is 102 Å². The van der Waals surface area contributed by atoms with Crippen LogP contribution in [0.15, 0.2) is 207 Å². The normalized spacial score (nSPS) is 11.6. The summed E-state index contributed by atoms with van der Waals surface area (Å²) in [4.78, 5) is 151. The van der Waals surface area contributed by atoms with Gasteiger partial charge < -0.3 is 19.0 Å². The van der Waals surface area contributed by atoms with E-state index in [4.69, 9.17) is 16.3 Å². The molecule has 0 amide bonds. The number of ether oxygens (including phenoxy) is 1. The molecule has 0 radical (unpaired) electrons. The molecule has 15 aromatic heterocycles. The highest BCUT2D eigenvalue weighted by Gasteiger charge is 2.29. The Morgan fingerprint density at radius 2 is 0.830 bits per heavy atom. The van der Waals surface area contributed by atoms with E-state index in [-0.39, 0.29) is 71.4 Å². The second-order valence-electron chi connectivity index (χ2n) is 33.2. The van der Waals surface area contributed by atoms with E-state index in [1.165, 1.54) is 59.3 Å². The minimum atomic E-state index is -0.468. The highest BCUT2D eigenvalue weighted by atomic mass is 35.5. The summed E-state index contributed by atoms with van der Waals surface area (Å²) in [5, 5.41) is 10.4. The zero-order valence-corrected chi connectivity index (χ0v) is 78.8. The van der Waals surface area contributed by atoms with Gasteiger partial charge in [-0.1, -0.05) is 96.9 Å². The quantitative estimate of drug-likeness (QED) is 0.0828. The van der Waals surface area contributed by atoms with Crippen molar-refractivity contribution in [3.05, 3.63) is 342 Å². The van der Waals surface area contributed by atoms with Gasteiger partial charge in [0.15, 0.2) is 55.8 Å². The predicted molar refractivity (Wildman–Crippen MR) is 518 cm³/mol. The van der Waals surface area contributed by atoms with E-state index in [0.717, 1.165) is 102 Å². The van der Waals surface area contributed by atoms with E-state index in [1.54, 1.807) is 87.6 Å². The van der Waals surface area contributed by atoms with Gasteiger partial charge >= 0.3 is 28.4 Å². The van der Waals surface area contributed by atoms with Crippen molar-refractivity contribution in [1.82, 2.24) is 115 Å². The van der Waals surface area contributed by atoms with Crippen LogP contribution in [-0.2, 0) is 87.7 Å². The fraction of sp³-hybridized carbons (Fsp3) is 0.281. The smallest absolute Gasteiger partial charge is 0.332 e. The second-order valence-corrected chi connectivity index (χ2v) is 33.6. The minimum Gasteiger partial charge on any atom is -0.497 e. The van der Waals surface area contributed by atoms with Crippen molar-refractivity contribution >= 4 is 96.3 Å². The Hall–Kier alpha value is -16.0. The first kappa shape index (κ1) is 92.3. The Kier molecular flexibility index (Phi) is 24.6. The van der Waals surface area contributed by atoms with Gasteiger partial charge in [-0.15, -0.1) is 13.2 Å². The largest absolute Gasteiger partial charge is 0.497 e. The number of aromatic nitrogens is 25. The molecule has 0 bridgehead atoms. The van der Waals surface area contributed by atoms with E-state index < -0.39 is 16.9 Å². The predicted octanol–water partition coefficient (Wildman–Crippen LogP) is 9.70. The first-order valence-corrected chi connectivity index (χ1v) is 44.0. The van der Waals surface area contributed by atoms with E-state index in [0.29, 0.717) is 115 Å². The number of halogens is 2. The molecule has 0 unspecified atom stereocenters. The Bertz CT molecular complexity index is 8960. The maximum Gasteiger partial charge on any atom is 0.332 e. The van der Waals surface area contributed by atoms with Crippen LogP contribution in [0.2, 0.25) is 5.02 Å². The number of aryl methyl sites for hydroxylation is 12. The third-order valence-corrected chi connectivity index (χ3v) is 25.3. The number of rotatable bonds is 17. The van der Waals surface area contributed by atoms with Gasteiger partial charge in [0.2, 0.25) is 28.9 Å². The van der Waals surface area contributed by atoms with Crippen molar-refractivity contribution in [3.63, 3.8) is 0 Å². The first-order valence-electron chi connectivity index (χ1n) is 43.6. The number of benzene rings is 5. The Morgan fingerprint density at radius 1 is 0.415 bits per heavy atom. The molecule has 0 aliphatic heterocycles. The zero-order chi connectivity index (χ0) is 97.0. The molecule has 0 fully saturated rings. The highest BCUT2D eigenvalue weighted by Crippen LogP contribution is 2.32. The average Bonchev–Trinajstić information content (AvgIpc) is 1.54. The molecular weight excluding hydrogens is 1750 g/mol. The van der Waals surface area contributed by atoms with E-state index in [1.807, 2.05) is 199 Å². The molecule has 0 spiro atoms. The van der Waals surface area contributed by atoms with Crippen LogP contribution in [0, 0.1) is 68.1 Å². The molecule has 20 aromatic rings. The third-order valence-electron chi connectivity index (χ3n) is 24.9. The fourth-order valence-electron chi connectivity index (χ4n) is 17.7. The van der Waals surface area contributed by atoms with Crippen molar-refractivity contribution in [2.75, 3.05) is 7.11 Å². The van der Waals surface area contributed by atoms with Gasteiger partial charge in [-0.25, -0.2) is 28.4 Å². The maximum absolute atomic E-state index is 13.2. The van der Waals surface area contributed by atoms with Crippen LogP contribution >= 0.6 is 11.6 Å². The Morgan fingerprint density at radius 3 is 1.34 bits per heavy atom. The van der Waals surface area contributed by atoms with Crippen molar-refractivity contribution in [1.29, 1.82) is 0 Å². The fourth-order valence-corrected chi connectivity index (χ4v) is 17.9. The lowest BCUT2D eigenvalue weighted by Crippen LogP contribution is -2.39. The monoisotopic (exact) mass is 1850 g/mol. The highest BCUT2D eigenvalue weighted by molar-refractivity contribution is 6.31. The average molecular weight is 1850 g/mol. The Labute approximate surface area is 770 Å². The zero-order valence-electron chi connectivity index (χ0n) is 78.0. The molecule has 0 atom stereocenters. The van der Waals surface area contributed by atoms with Gasteiger partial charge in [0.05, 0.1) is 38.2 Å². The van der Waals surface area contributed by atoms with Crippen LogP contribution in [0.5, 0.6) is 5.75 Å².